The van der Waals surface area contributed by atoms with E-state index in [0.717, 1.165) is 36.3 Å². The molecule has 1 atom stereocenters. The van der Waals surface area contributed by atoms with Gasteiger partial charge >= 0.3 is 0 Å². The summed E-state index contributed by atoms with van der Waals surface area (Å²) in [7, 11) is 0. The predicted molar refractivity (Wildman–Crippen MR) is 77.1 cm³/mol. The molecule has 0 aliphatic heterocycles. The predicted octanol–water partition coefficient (Wildman–Crippen LogP) is 4.19. The zero-order valence-electron chi connectivity index (χ0n) is 11.3. The standard InChI is InChI=1S/C16H20ClNO/c1-11(14-7-2-3-8-15(14)17)18(13-9-10-13)16(19)12-5-4-6-12/h2-3,7-8,11-13H,4-6,9-10H2,1H3. The molecule has 19 heavy (non-hydrogen) atoms. The number of rotatable bonds is 4. The number of halogens is 1. The molecule has 0 heterocycles. The van der Waals surface area contributed by atoms with E-state index in [1.807, 2.05) is 24.3 Å². The summed E-state index contributed by atoms with van der Waals surface area (Å²) in [5.41, 5.74) is 1.07. The van der Waals surface area contributed by atoms with E-state index >= 15 is 0 Å². The Bertz CT molecular complexity index is 479. The Morgan fingerprint density at radius 3 is 2.47 bits per heavy atom. The molecular weight excluding hydrogens is 258 g/mol. The molecule has 102 valence electrons. The molecule has 0 spiro atoms. The quantitative estimate of drug-likeness (QED) is 0.808. The zero-order valence-corrected chi connectivity index (χ0v) is 12.1. The van der Waals surface area contributed by atoms with Crippen LogP contribution in [-0.4, -0.2) is 16.8 Å². The van der Waals surface area contributed by atoms with E-state index < -0.39 is 0 Å². The summed E-state index contributed by atoms with van der Waals surface area (Å²) in [6, 6.07) is 8.42. The van der Waals surface area contributed by atoms with Crippen LogP contribution in [0, 0.1) is 5.92 Å². The van der Waals surface area contributed by atoms with Gasteiger partial charge in [0.25, 0.3) is 0 Å². The van der Waals surface area contributed by atoms with Crippen LogP contribution in [0.25, 0.3) is 0 Å². The van der Waals surface area contributed by atoms with Crippen LogP contribution in [-0.2, 0) is 4.79 Å². The second-order valence-electron chi connectivity index (χ2n) is 5.80. The highest BCUT2D eigenvalue weighted by Gasteiger charge is 2.40. The fraction of sp³-hybridized carbons (Fsp3) is 0.562. The molecule has 0 N–H and O–H groups in total. The third-order valence-electron chi connectivity index (χ3n) is 4.42. The average Bonchev–Trinajstić information content (AvgIpc) is 3.12. The minimum absolute atomic E-state index is 0.0919. The van der Waals surface area contributed by atoms with Crippen molar-refractivity contribution in [3.63, 3.8) is 0 Å². The molecule has 2 fully saturated rings. The highest BCUT2D eigenvalue weighted by molar-refractivity contribution is 6.31. The van der Waals surface area contributed by atoms with Crippen molar-refractivity contribution >= 4 is 17.5 Å². The average molecular weight is 278 g/mol. The van der Waals surface area contributed by atoms with Gasteiger partial charge in [0.2, 0.25) is 5.91 Å². The van der Waals surface area contributed by atoms with Crippen LogP contribution in [0.4, 0.5) is 0 Å². The van der Waals surface area contributed by atoms with E-state index in [1.165, 1.54) is 6.42 Å². The number of hydrogen-bond donors (Lipinski definition) is 0. The summed E-state index contributed by atoms with van der Waals surface area (Å²) in [6.45, 7) is 2.11. The van der Waals surface area contributed by atoms with Crippen molar-refractivity contribution < 1.29 is 4.79 Å². The lowest BCUT2D eigenvalue weighted by atomic mass is 9.84. The van der Waals surface area contributed by atoms with E-state index in [0.29, 0.717) is 11.9 Å². The number of carbonyl (C=O) groups is 1. The summed E-state index contributed by atoms with van der Waals surface area (Å²) in [5, 5.41) is 0.766. The van der Waals surface area contributed by atoms with Gasteiger partial charge in [-0.3, -0.25) is 4.79 Å². The van der Waals surface area contributed by atoms with E-state index in [-0.39, 0.29) is 12.0 Å². The summed E-state index contributed by atoms with van der Waals surface area (Å²) < 4.78 is 0. The Balaban J connectivity index is 1.83. The Labute approximate surface area is 119 Å². The van der Waals surface area contributed by atoms with E-state index in [1.54, 1.807) is 0 Å². The van der Waals surface area contributed by atoms with Crippen molar-refractivity contribution in [1.29, 1.82) is 0 Å². The van der Waals surface area contributed by atoms with Crippen LogP contribution >= 0.6 is 11.6 Å². The van der Waals surface area contributed by atoms with Gasteiger partial charge in [-0.25, -0.2) is 0 Å². The summed E-state index contributed by atoms with van der Waals surface area (Å²) in [5.74, 6) is 0.617. The van der Waals surface area contributed by atoms with Gasteiger partial charge in [-0.2, -0.15) is 0 Å². The normalized spacial score (nSPS) is 20.7. The molecule has 1 aromatic rings. The first-order valence-electron chi connectivity index (χ1n) is 7.25. The van der Waals surface area contributed by atoms with Crippen LogP contribution in [0.3, 0.4) is 0 Å². The maximum atomic E-state index is 12.6. The Hall–Kier alpha value is -1.02. The molecular formula is C16H20ClNO. The molecule has 1 amide bonds. The summed E-state index contributed by atoms with van der Waals surface area (Å²) in [6.07, 6.45) is 5.63. The maximum Gasteiger partial charge on any atom is 0.226 e. The molecule has 2 nitrogen and oxygen atoms in total. The van der Waals surface area contributed by atoms with Crippen LogP contribution in [0.15, 0.2) is 24.3 Å². The molecule has 3 rings (SSSR count). The number of nitrogens with zero attached hydrogens (tertiary/aromatic N) is 1. The molecule has 0 bridgehead atoms. The van der Waals surface area contributed by atoms with Crippen molar-refractivity contribution in [2.24, 2.45) is 5.92 Å². The Morgan fingerprint density at radius 2 is 1.95 bits per heavy atom. The van der Waals surface area contributed by atoms with Gasteiger partial charge < -0.3 is 4.90 Å². The first kappa shape index (κ1) is 13.0. The first-order valence-corrected chi connectivity index (χ1v) is 7.63. The van der Waals surface area contributed by atoms with Crippen molar-refractivity contribution in [2.45, 2.75) is 51.1 Å². The summed E-state index contributed by atoms with van der Waals surface area (Å²) >= 11 is 6.28. The molecule has 3 heteroatoms. The van der Waals surface area contributed by atoms with Crippen molar-refractivity contribution in [3.8, 4) is 0 Å². The maximum absolute atomic E-state index is 12.6. The third-order valence-corrected chi connectivity index (χ3v) is 4.77. The number of carbonyl (C=O) groups excluding carboxylic acids is 1. The smallest absolute Gasteiger partial charge is 0.226 e. The van der Waals surface area contributed by atoms with Gasteiger partial charge in [0.05, 0.1) is 6.04 Å². The molecule has 1 unspecified atom stereocenters. The minimum atomic E-state index is 0.0919. The highest BCUT2D eigenvalue weighted by Crippen LogP contribution is 2.40. The lowest BCUT2D eigenvalue weighted by Crippen LogP contribution is -2.41. The summed E-state index contributed by atoms with van der Waals surface area (Å²) in [4.78, 5) is 14.7. The van der Waals surface area contributed by atoms with Gasteiger partial charge in [-0.05, 0) is 44.2 Å². The van der Waals surface area contributed by atoms with Gasteiger partial charge in [0, 0.05) is 17.0 Å². The van der Waals surface area contributed by atoms with Gasteiger partial charge in [0.15, 0.2) is 0 Å². The Kier molecular flexibility index (Phi) is 3.53. The molecule has 0 aromatic heterocycles. The van der Waals surface area contributed by atoms with E-state index in [9.17, 15) is 4.79 Å². The van der Waals surface area contributed by atoms with Gasteiger partial charge in [-0.15, -0.1) is 0 Å². The second kappa shape index (κ2) is 5.16. The van der Waals surface area contributed by atoms with Crippen molar-refractivity contribution in [1.82, 2.24) is 4.90 Å². The lowest BCUT2D eigenvalue weighted by Gasteiger charge is -2.36. The van der Waals surface area contributed by atoms with Crippen LogP contribution in [0.1, 0.15) is 50.6 Å². The molecule has 0 saturated heterocycles. The fourth-order valence-electron chi connectivity index (χ4n) is 2.87. The molecule has 2 saturated carbocycles. The van der Waals surface area contributed by atoms with Crippen molar-refractivity contribution in [2.75, 3.05) is 0 Å². The zero-order chi connectivity index (χ0) is 13.4. The topological polar surface area (TPSA) is 20.3 Å². The monoisotopic (exact) mass is 277 g/mol. The second-order valence-corrected chi connectivity index (χ2v) is 6.21. The van der Waals surface area contributed by atoms with Crippen molar-refractivity contribution in [3.05, 3.63) is 34.9 Å². The number of hydrogen-bond acceptors (Lipinski definition) is 1. The van der Waals surface area contributed by atoms with Gasteiger partial charge in [0.1, 0.15) is 0 Å². The fourth-order valence-corrected chi connectivity index (χ4v) is 3.16. The third kappa shape index (κ3) is 2.51. The molecule has 2 aliphatic carbocycles. The van der Waals surface area contributed by atoms with Crippen LogP contribution in [0.5, 0.6) is 0 Å². The minimum Gasteiger partial charge on any atom is -0.333 e. The first-order chi connectivity index (χ1) is 9.18. The van der Waals surface area contributed by atoms with Gasteiger partial charge in [-0.1, -0.05) is 36.2 Å². The Morgan fingerprint density at radius 1 is 1.26 bits per heavy atom. The molecule has 2 aliphatic rings. The largest absolute Gasteiger partial charge is 0.333 e. The molecule has 1 aromatic carbocycles. The SMILES string of the molecule is CC(c1ccccc1Cl)N(C(=O)C1CCC1)C1CC1. The van der Waals surface area contributed by atoms with E-state index in [2.05, 4.69) is 11.8 Å². The molecule has 0 radical (unpaired) electrons. The van der Waals surface area contributed by atoms with E-state index in [4.69, 9.17) is 11.6 Å². The highest BCUT2D eigenvalue weighted by atomic mass is 35.5. The number of amides is 1. The van der Waals surface area contributed by atoms with Crippen LogP contribution in [0.2, 0.25) is 5.02 Å². The number of benzene rings is 1. The lowest BCUT2D eigenvalue weighted by molar-refractivity contribution is -0.141. The van der Waals surface area contributed by atoms with Crippen LogP contribution < -0.4 is 0 Å².